The van der Waals surface area contributed by atoms with Gasteiger partial charge in [-0.3, -0.25) is 14.5 Å². The van der Waals surface area contributed by atoms with Crippen LogP contribution >= 0.6 is 11.3 Å². The zero-order valence-electron chi connectivity index (χ0n) is 17.1. The van der Waals surface area contributed by atoms with Gasteiger partial charge in [0.1, 0.15) is 11.6 Å². The molecule has 3 rings (SSSR count). The van der Waals surface area contributed by atoms with Gasteiger partial charge in [-0.25, -0.2) is 4.39 Å². The minimum Gasteiger partial charge on any atom is -0.496 e. The van der Waals surface area contributed by atoms with Gasteiger partial charge < -0.3 is 15.0 Å². The summed E-state index contributed by atoms with van der Waals surface area (Å²) in [6, 6.07) is 4.32. The van der Waals surface area contributed by atoms with Crippen LogP contribution in [0.15, 0.2) is 18.2 Å². The molecule has 1 saturated heterocycles. The Labute approximate surface area is 185 Å². The van der Waals surface area contributed by atoms with Gasteiger partial charge in [0, 0.05) is 51.1 Å². The summed E-state index contributed by atoms with van der Waals surface area (Å²) in [7, 11) is 1.52. The van der Waals surface area contributed by atoms with Crippen molar-refractivity contribution < 1.29 is 31.9 Å². The SMILES string of the molecule is COc1ccc(F)cc1CN1CCN(C(=O)CCC(=O)Nc2nnc(C(F)(F)F)s2)CC1. The van der Waals surface area contributed by atoms with E-state index in [0.717, 1.165) is 0 Å². The lowest BCUT2D eigenvalue weighted by Crippen LogP contribution is -2.48. The molecule has 1 fully saturated rings. The van der Waals surface area contributed by atoms with Crippen molar-refractivity contribution in [1.82, 2.24) is 20.0 Å². The first-order chi connectivity index (χ1) is 15.2. The monoisotopic (exact) mass is 475 g/mol. The summed E-state index contributed by atoms with van der Waals surface area (Å²) in [5, 5.41) is 7.07. The van der Waals surface area contributed by atoms with Gasteiger partial charge in [-0.1, -0.05) is 11.3 Å². The molecule has 1 aliphatic heterocycles. The minimum atomic E-state index is -4.63. The number of rotatable bonds is 7. The summed E-state index contributed by atoms with van der Waals surface area (Å²) < 4.78 is 56.4. The first-order valence-electron chi connectivity index (χ1n) is 9.69. The Kier molecular flexibility index (Phi) is 7.61. The van der Waals surface area contributed by atoms with E-state index in [1.54, 1.807) is 11.0 Å². The van der Waals surface area contributed by atoms with Crippen LogP contribution in [0.25, 0.3) is 0 Å². The molecule has 0 bridgehead atoms. The Bertz CT molecular complexity index is 961. The molecule has 0 radical (unpaired) electrons. The third-order valence-corrected chi connectivity index (χ3v) is 5.72. The summed E-state index contributed by atoms with van der Waals surface area (Å²) in [5.74, 6) is -0.596. The maximum Gasteiger partial charge on any atom is 0.445 e. The minimum absolute atomic E-state index is 0.0749. The van der Waals surface area contributed by atoms with Gasteiger partial charge in [0.25, 0.3) is 0 Å². The van der Waals surface area contributed by atoms with E-state index in [-0.39, 0.29) is 41.0 Å². The number of hydrogen-bond donors (Lipinski definition) is 1. The van der Waals surface area contributed by atoms with Crippen molar-refractivity contribution in [2.45, 2.75) is 25.6 Å². The molecule has 0 aliphatic carbocycles. The molecule has 2 amide bonds. The highest BCUT2D eigenvalue weighted by atomic mass is 32.1. The van der Waals surface area contributed by atoms with Gasteiger partial charge in [-0.05, 0) is 18.2 Å². The highest BCUT2D eigenvalue weighted by Crippen LogP contribution is 2.33. The molecule has 13 heteroatoms. The Morgan fingerprint density at radius 2 is 1.88 bits per heavy atom. The predicted octanol–water partition coefficient (Wildman–Crippen LogP) is 2.77. The maximum absolute atomic E-state index is 13.5. The predicted molar refractivity (Wildman–Crippen MR) is 108 cm³/mol. The topological polar surface area (TPSA) is 87.7 Å². The smallest absolute Gasteiger partial charge is 0.445 e. The normalized spacial score (nSPS) is 15.0. The van der Waals surface area contributed by atoms with Gasteiger partial charge >= 0.3 is 6.18 Å². The highest BCUT2D eigenvalue weighted by Gasteiger charge is 2.35. The number of nitrogens with zero attached hydrogens (tertiary/aromatic N) is 4. The second-order valence-electron chi connectivity index (χ2n) is 7.07. The van der Waals surface area contributed by atoms with E-state index in [2.05, 4.69) is 20.4 Å². The number of hydrogen-bond acceptors (Lipinski definition) is 7. The molecule has 8 nitrogen and oxygen atoms in total. The van der Waals surface area contributed by atoms with E-state index in [9.17, 15) is 27.2 Å². The quantitative estimate of drug-likeness (QED) is 0.620. The molecule has 2 heterocycles. The van der Waals surface area contributed by atoms with Crippen LogP contribution in [0.1, 0.15) is 23.4 Å². The number of anilines is 1. The molecule has 0 atom stereocenters. The second-order valence-corrected chi connectivity index (χ2v) is 8.05. The Morgan fingerprint density at radius 1 is 1.16 bits per heavy atom. The van der Waals surface area contributed by atoms with Crippen LogP contribution in [-0.4, -0.2) is 65.1 Å². The van der Waals surface area contributed by atoms with Crippen LogP contribution < -0.4 is 10.1 Å². The summed E-state index contributed by atoms with van der Waals surface area (Å²) in [4.78, 5) is 28.0. The van der Waals surface area contributed by atoms with Crippen molar-refractivity contribution in [2.24, 2.45) is 0 Å². The average Bonchev–Trinajstić information content (AvgIpc) is 3.22. The molecule has 0 unspecified atom stereocenters. The lowest BCUT2D eigenvalue weighted by molar-refractivity contribution is -0.138. The summed E-state index contributed by atoms with van der Waals surface area (Å²) in [5.41, 5.74) is 0.717. The van der Waals surface area contributed by atoms with E-state index < -0.39 is 17.1 Å². The largest absolute Gasteiger partial charge is 0.496 e. The highest BCUT2D eigenvalue weighted by molar-refractivity contribution is 7.15. The van der Waals surface area contributed by atoms with Crippen molar-refractivity contribution >= 4 is 28.3 Å². The fourth-order valence-electron chi connectivity index (χ4n) is 3.22. The van der Waals surface area contributed by atoms with E-state index in [1.807, 2.05) is 0 Å². The number of amides is 2. The number of piperazine rings is 1. The van der Waals surface area contributed by atoms with Crippen molar-refractivity contribution in [3.05, 3.63) is 34.6 Å². The molecule has 0 spiro atoms. The van der Waals surface area contributed by atoms with Gasteiger partial charge in [0.15, 0.2) is 0 Å². The maximum atomic E-state index is 13.5. The van der Waals surface area contributed by atoms with Gasteiger partial charge in [0.2, 0.25) is 22.0 Å². The van der Waals surface area contributed by atoms with Crippen LogP contribution in [0.4, 0.5) is 22.7 Å². The van der Waals surface area contributed by atoms with Gasteiger partial charge in [-0.2, -0.15) is 13.2 Å². The number of carbonyl (C=O) groups is 2. The van der Waals surface area contributed by atoms with Gasteiger partial charge in [0.05, 0.1) is 7.11 Å². The van der Waals surface area contributed by atoms with E-state index >= 15 is 0 Å². The number of nitrogens with one attached hydrogen (secondary N) is 1. The molecule has 1 aromatic heterocycles. The third kappa shape index (κ3) is 6.36. The molecular weight excluding hydrogens is 454 g/mol. The van der Waals surface area contributed by atoms with Crippen LogP contribution in [-0.2, 0) is 22.3 Å². The lowest BCUT2D eigenvalue weighted by Gasteiger charge is -2.35. The number of halogens is 4. The first kappa shape index (κ1) is 23.9. The lowest BCUT2D eigenvalue weighted by atomic mass is 10.1. The fourth-order valence-corrected chi connectivity index (χ4v) is 3.84. The van der Waals surface area contributed by atoms with Crippen LogP contribution in [0.3, 0.4) is 0 Å². The number of carbonyl (C=O) groups excluding carboxylic acids is 2. The third-order valence-electron chi connectivity index (χ3n) is 4.84. The molecule has 174 valence electrons. The van der Waals surface area contributed by atoms with Crippen molar-refractivity contribution in [2.75, 3.05) is 38.6 Å². The Hall–Kier alpha value is -2.80. The summed E-state index contributed by atoms with van der Waals surface area (Å²) >= 11 is 0.222. The molecule has 2 aromatic rings. The van der Waals surface area contributed by atoms with Crippen LogP contribution in [0.2, 0.25) is 0 Å². The molecular formula is C19H21F4N5O3S. The summed E-state index contributed by atoms with van der Waals surface area (Å²) in [6.45, 7) is 2.52. The number of benzene rings is 1. The van der Waals surface area contributed by atoms with Gasteiger partial charge in [-0.15, -0.1) is 10.2 Å². The van der Waals surface area contributed by atoms with Crippen LogP contribution in [0.5, 0.6) is 5.75 Å². The van der Waals surface area contributed by atoms with Crippen molar-refractivity contribution in [1.29, 1.82) is 0 Å². The fraction of sp³-hybridized carbons (Fsp3) is 0.474. The van der Waals surface area contributed by atoms with Crippen LogP contribution in [0, 0.1) is 5.82 Å². The second kappa shape index (κ2) is 10.2. The molecule has 1 aliphatic rings. The standard InChI is InChI=1S/C19H21F4N5O3S/c1-31-14-3-2-13(20)10-12(14)11-27-6-8-28(9-7-27)16(30)5-4-15(29)24-18-26-25-17(32-18)19(21,22)23/h2-3,10H,4-9,11H2,1H3,(H,24,26,29). The van der Waals surface area contributed by atoms with Crippen molar-refractivity contribution in [3.8, 4) is 5.75 Å². The number of ether oxygens (including phenoxy) is 1. The summed E-state index contributed by atoms with van der Waals surface area (Å²) in [6.07, 6.45) is -4.88. The Balaban J connectivity index is 1.42. The average molecular weight is 475 g/mol. The number of aromatic nitrogens is 2. The Morgan fingerprint density at radius 3 is 2.50 bits per heavy atom. The van der Waals surface area contributed by atoms with E-state index in [1.165, 1.54) is 19.2 Å². The number of alkyl halides is 3. The zero-order chi connectivity index (χ0) is 23.3. The van der Waals surface area contributed by atoms with E-state index in [0.29, 0.717) is 44.0 Å². The zero-order valence-corrected chi connectivity index (χ0v) is 17.9. The molecule has 1 N–H and O–H groups in total. The van der Waals surface area contributed by atoms with E-state index in [4.69, 9.17) is 4.74 Å². The number of methoxy groups -OCH3 is 1. The van der Waals surface area contributed by atoms with Crippen molar-refractivity contribution in [3.63, 3.8) is 0 Å². The molecule has 32 heavy (non-hydrogen) atoms. The first-order valence-corrected chi connectivity index (χ1v) is 10.5. The molecule has 1 aromatic carbocycles. The molecule has 0 saturated carbocycles.